The zero-order valence-electron chi connectivity index (χ0n) is 12.0. The molecular formula is C14H25N3OS. The molecule has 3 aliphatic heterocycles. The molecule has 2 atom stereocenters. The smallest absolute Gasteiger partial charge is 0.320 e. The standard InChI is InChI=1S/C14H25N3OS/c1-15-9-11-3-4-12(10-15)17(11)14(18)16-7-5-13(19-2)6-8-16/h11-13H,3-10H2,1-2H3. The van der Waals surface area contributed by atoms with Crippen molar-refractivity contribution in [1.29, 1.82) is 0 Å². The van der Waals surface area contributed by atoms with Crippen LogP contribution in [0.25, 0.3) is 0 Å². The lowest BCUT2D eigenvalue weighted by Crippen LogP contribution is -2.58. The van der Waals surface area contributed by atoms with E-state index >= 15 is 0 Å². The molecule has 19 heavy (non-hydrogen) atoms. The molecule has 0 aromatic rings. The van der Waals surface area contributed by atoms with E-state index in [9.17, 15) is 4.79 Å². The van der Waals surface area contributed by atoms with Gasteiger partial charge in [-0.2, -0.15) is 11.8 Å². The van der Waals surface area contributed by atoms with Crippen LogP contribution in [0.2, 0.25) is 0 Å². The number of rotatable bonds is 1. The number of carbonyl (C=O) groups is 1. The minimum Gasteiger partial charge on any atom is -0.325 e. The number of hydrogen-bond acceptors (Lipinski definition) is 3. The van der Waals surface area contributed by atoms with Crippen LogP contribution in [0, 0.1) is 0 Å². The predicted molar refractivity (Wildman–Crippen MR) is 79.7 cm³/mol. The van der Waals surface area contributed by atoms with Gasteiger partial charge in [-0.15, -0.1) is 0 Å². The highest BCUT2D eigenvalue weighted by Gasteiger charge is 2.43. The Labute approximate surface area is 120 Å². The molecule has 0 N–H and O–H groups in total. The number of likely N-dealkylation sites (tertiary alicyclic amines) is 2. The second-order valence-electron chi connectivity index (χ2n) is 6.22. The first-order valence-electron chi connectivity index (χ1n) is 7.47. The van der Waals surface area contributed by atoms with Crippen molar-refractivity contribution in [1.82, 2.24) is 14.7 Å². The molecule has 108 valence electrons. The third-order valence-electron chi connectivity index (χ3n) is 4.93. The first-order valence-corrected chi connectivity index (χ1v) is 8.76. The Morgan fingerprint density at radius 1 is 1.05 bits per heavy atom. The minimum atomic E-state index is 0.320. The fraction of sp³-hybridized carbons (Fsp3) is 0.929. The van der Waals surface area contributed by atoms with E-state index in [4.69, 9.17) is 0 Å². The van der Waals surface area contributed by atoms with E-state index in [1.807, 2.05) is 11.8 Å². The van der Waals surface area contributed by atoms with E-state index in [2.05, 4.69) is 28.0 Å². The Hall–Kier alpha value is -0.420. The maximum Gasteiger partial charge on any atom is 0.320 e. The SMILES string of the molecule is CSC1CCN(C(=O)N2C3CCC2CN(C)C3)CC1. The molecule has 2 amide bonds. The summed E-state index contributed by atoms with van der Waals surface area (Å²) in [4.78, 5) is 19.4. The van der Waals surface area contributed by atoms with Gasteiger partial charge in [0.05, 0.1) is 0 Å². The van der Waals surface area contributed by atoms with Crippen molar-refractivity contribution < 1.29 is 4.79 Å². The summed E-state index contributed by atoms with van der Waals surface area (Å²) in [7, 11) is 2.18. The van der Waals surface area contributed by atoms with E-state index in [0.717, 1.165) is 44.3 Å². The van der Waals surface area contributed by atoms with Gasteiger partial charge in [0.2, 0.25) is 0 Å². The second kappa shape index (κ2) is 5.52. The average Bonchev–Trinajstić information content (AvgIpc) is 2.70. The maximum atomic E-state index is 12.7. The molecule has 2 bridgehead atoms. The molecule has 3 fully saturated rings. The van der Waals surface area contributed by atoms with Crippen molar-refractivity contribution in [3.8, 4) is 0 Å². The number of thioether (sulfide) groups is 1. The summed E-state index contributed by atoms with van der Waals surface area (Å²) in [6.45, 7) is 4.03. The average molecular weight is 283 g/mol. The zero-order chi connectivity index (χ0) is 13.4. The van der Waals surface area contributed by atoms with Gasteiger partial charge in [-0.05, 0) is 39.0 Å². The van der Waals surface area contributed by atoms with Crippen LogP contribution < -0.4 is 0 Å². The number of piperazine rings is 1. The molecule has 0 spiro atoms. The Morgan fingerprint density at radius 2 is 1.63 bits per heavy atom. The summed E-state index contributed by atoms with van der Waals surface area (Å²) in [5, 5.41) is 0.758. The van der Waals surface area contributed by atoms with Crippen LogP contribution in [0.3, 0.4) is 0 Å². The summed E-state index contributed by atoms with van der Waals surface area (Å²) >= 11 is 1.95. The van der Waals surface area contributed by atoms with Crippen LogP contribution in [0.5, 0.6) is 0 Å². The molecule has 0 aliphatic carbocycles. The summed E-state index contributed by atoms with van der Waals surface area (Å²) in [5.41, 5.74) is 0. The molecule has 2 unspecified atom stereocenters. The van der Waals surface area contributed by atoms with Crippen molar-refractivity contribution in [3.63, 3.8) is 0 Å². The van der Waals surface area contributed by atoms with Gasteiger partial charge < -0.3 is 14.7 Å². The molecule has 3 saturated heterocycles. The highest BCUT2D eigenvalue weighted by molar-refractivity contribution is 7.99. The second-order valence-corrected chi connectivity index (χ2v) is 7.36. The Bertz CT molecular complexity index is 330. The number of amides is 2. The van der Waals surface area contributed by atoms with Crippen LogP contribution in [0.4, 0.5) is 4.79 Å². The van der Waals surface area contributed by atoms with Crippen LogP contribution in [-0.4, -0.2) is 77.5 Å². The largest absolute Gasteiger partial charge is 0.325 e. The Balaban J connectivity index is 1.62. The number of hydrogen-bond donors (Lipinski definition) is 0. The van der Waals surface area contributed by atoms with Gasteiger partial charge in [0.15, 0.2) is 0 Å². The molecule has 0 saturated carbocycles. The molecule has 0 aromatic carbocycles. The molecule has 5 heteroatoms. The van der Waals surface area contributed by atoms with Gasteiger partial charge >= 0.3 is 6.03 Å². The number of fused-ring (bicyclic) bond motifs is 2. The monoisotopic (exact) mass is 283 g/mol. The fourth-order valence-electron chi connectivity index (χ4n) is 3.87. The molecule has 4 nitrogen and oxygen atoms in total. The highest BCUT2D eigenvalue weighted by Crippen LogP contribution is 2.31. The van der Waals surface area contributed by atoms with E-state index in [0.29, 0.717) is 18.1 Å². The minimum absolute atomic E-state index is 0.320. The first-order chi connectivity index (χ1) is 9.19. The van der Waals surface area contributed by atoms with E-state index < -0.39 is 0 Å². The molecular weight excluding hydrogens is 258 g/mol. The summed E-state index contributed by atoms with van der Waals surface area (Å²) < 4.78 is 0. The number of likely N-dealkylation sites (N-methyl/N-ethyl adjacent to an activating group) is 1. The molecule has 3 rings (SSSR count). The van der Waals surface area contributed by atoms with Crippen LogP contribution in [0.1, 0.15) is 25.7 Å². The van der Waals surface area contributed by atoms with Gasteiger partial charge in [0.25, 0.3) is 0 Å². The van der Waals surface area contributed by atoms with Gasteiger partial charge in [0.1, 0.15) is 0 Å². The first kappa shape index (κ1) is 13.6. The van der Waals surface area contributed by atoms with E-state index in [1.54, 1.807) is 0 Å². The van der Waals surface area contributed by atoms with Crippen molar-refractivity contribution in [3.05, 3.63) is 0 Å². The van der Waals surface area contributed by atoms with Gasteiger partial charge in [-0.25, -0.2) is 4.79 Å². The predicted octanol–water partition coefficient (Wildman–Crippen LogP) is 1.71. The quantitative estimate of drug-likeness (QED) is 0.733. The topological polar surface area (TPSA) is 26.8 Å². The van der Waals surface area contributed by atoms with Crippen molar-refractivity contribution >= 4 is 17.8 Å². The molecule has 3 heterocycles. The van der Waals surface area contributed by atoms with Crippen LogP contribution in [0.15, 0.2) is 0 Å². The normalized spacial score (nSPS) is 32.9. The number of nitrogens with zero attached hydrogens (tertiary/aromatic N) is 3. The van der Waals surface area contributed by atoms with Crippen molar-refractivity contribution in [2.75, 3.05) is 39.5 Å². The Kier molecular flexibility index (Phi) is 3.94. The number of piperidine rings is 1. The van der Waals surface area contributed by atoms with Crippen molar-refractivity contribution in [2.45, 2.75) is 43.0 Å². The molecule has 3 aliphatic rings. The number of urea groups is 1. The van der Waals surface area contributed by atoms with Gasteiger partial charge in [0, 0.05) is 43.5 Å². The zero-order valence-corrected chi connectivity index (χ0v) is 12.9. The molecule has 0 radical (unpaired) electrons. The lowest BCUT2D eigenvalue weighted by atomic mass is 10.1. The van der Waals surface area contributed by atoms with E-state index in [-0.39, 0.29) is 0 Å². The highest BCUT2D eigenvalue weighted by atomic mass is 32.2. The van der Waals surface area contributed by atoms with Gasteiger partial charge in [-0.1, -0.05) is 0 Å². The third-order valence-corrected chi connectivity index (χ3v) is 6.07. The van der Waals surface area contributed by atoms with Gasteiger partial charge in [-0.3, -0.25) is 0 Å². The number of carbonyl (C=O) groups excluding carboxylic acids is 1. The summed E-state index contributed by atoms with van der Waals surface area (Å²) in [5.74, 6) is 0. The maximum absolute atomic E-state index is 12.7. The lowest BCUT2D eigenvalue weighted by Gasteiger charge is -2.43. The fourth-order valence-corrected chi connectivity index (χ4v) is 4.55. The Morgan fingerprint density at radius 3 is 2.16 bits per heavy atom. The van der Waals surface area contributed by atoms with Crippen LogP contribution in [-0.2, 0) is 0 Å². The third kappa shape index (κ3) is 2.59. The van der Waals surface area contributed by atoms with Crippen molar-refractivity contribution in [2.24, 2.45) is 0 Å². The van der Waals surface area contributed by atoms with E-state index in [1.165, 1.54) is 12.8 Å². The summed E-state index contributed by atoms with van der Waals surface area (Å²) in [6.07, 6.45) is 6.90. The van der Waals surface area contributed by atoms with Crippen LogP contribution >= 0.6 is 11.8 Å². The summed E-state index contributed by atoms with van der Waals surface area (Å²) in [6, 6.07) is 1.25. The molecule has 0 aromatic heterocycles. The lowest BCUT2D eigenvalue weighted by molar-refractivity contribution is 0.0764.